The average molecular weight is 400 g/mol. The van der Waals surface area contributed by atoms with Crippen LogP contribution in [-0.4, -0.2) is 41.3 Å². The first-order valence-electron chi connectivity index (χ1n) is 10.4. The van der Waals surface area contributed by atoms with Crippen LogP contribution in [0.25, 0.3) is 11.6 Å². The Kier molecular flexibility index (Phi) is 4.93. The minimum Gasteiger partial charge on any atom is -0.338 e. The maximum absolute atomic E-state index is 12.7. The first-order valence-corrected chi connectivity index (χ1v) is 10.4. The number of rotatable bonds is 3. The average Bonchev–Trinajstić information content (AvgIpc) is 3.28. The van der Waals surface area contributed by atoms with Gasteiger partial charge in [-0.1, -0.05) is 36.4 Å². The molecule has 2 N–H and O–H groups in total. The van der Waals surface area contributed by atoms with E-state index >= 15 is 0 Å². The Morgan fingerprint density at radius 2 is 2.03 bits per heavy atom. The van der Waals surface area contributed by atoms with Crippen LogP contribution >= 0.6 is 0 Å². The molecule has 1 saturated heterocycles. The Balaban J connectivity index is 1.23. The van der Waals surface area contributed by atoms with Gasteiger partial charge in [0.15, 0.2) is 0 Å². The third-order valence-corrected chi connectivity index (χ3v) is 6.11. The minimum atomic E-state index is -0.0937. The first kappa shape index (κ1) is 18.8. The molecule has 3 heterocycles. The minimum absolute atomic E-state index is 0.0421. The Labute approximate surface area is 175 Å². The lowest BCUT2D eigenvalue weighted by Gasteiger charge is -2.15. The fraction of sp³-hybridized carbons (Fsp3) is 0.292. The topological polar surface area (TPSA) is 74.3 Å². The molecule has 30 heavy (non-hydrogen) atoms. The van der Waals surface area contributed by atoms with E-state index in [1.165, 1.54) is 11.1 Å². The molecule has 0 bridgehead atoms. The number of hydrogen-bond donors (Lipinski definition) is 2. The van der Waals surface area contributed by atoms with Crippen LogP contribution in [0.1, 0.15) is 23.1 Å². The third-order valence-electron chi connectivity index (χ3n) is 6.11. The molecule has 2 unspecified atom stereocenters. The molecule has 1 fully saturated rings. The third kappa shape index (κ3) is 3.78. The number of benzene rings is 1. The molecule has 1 aromatic carbocycles. The van der Waals surface area contributed by atoms with Crippen LogP contribution in [0.4, 0.5) is 5.82 Å². The zero-order chi connectivity index (χ0) is 20.5. The Bertz CT molecular complexity index is 1040. The molecule has 2 amide bonds. The highest BCUT2D eigenvalue weighted by atomic mass is 16.2. The zero-order valence-corrected chi connectivity index (χ0v) is 16.7. The molecule has 0 spiro atoms. The normalized spacial score (nSPS) is 23.0. The molecule has 0 radical (unpaired) electrons. The van der Waals surface area contributed by atoms with Crippen LogP contribution in [0.2, 0.25) is 0 Å². The summed E-state index contributed by atoms with van der Waals surface area (Å²) in [5.74, 6) is 1.49. The van der Waals surface area contributed by atoms with Crippen LogP contribution in [0.3, 0.4) is 0 Å². The van der Waals surface area contributed by atoms with E-state index in [0.717, 1.165) is 30.6 Å². The summed E-state index contributed by atoms with van der Waals surface area (Å²) in [7, 11) is 0. The molecular formula is C24H24N4O2. The van der Waals surface area contributed by atoms with Crippen LogP contribution in [0.5, 0.6) is 0 Å². The summed E-state index contributed by atoms with van der Waals surface area (Å²) in [5, 5.41) is 5.85. The maximum Gasteiger partial charge on any atom is 0.246 e. The van der Waals surface area contributed by atoms with Crippen LogP contribution in [0.15, 0.2) is 54.7 Å². The molecule has 2 aliphatic heterocycles. The molecule has 1 aromatic heterocycles. The number of allylic oxidation sites excluding steroid dienone is 1. The van der Waals surface area contributed by atoms with Crippen LogP contribution in [-0.2, 0) is 16.1 Å². The Morgan fingerprint density at radius 1 is 1.17 bits per heavy atom. The van der Waals surface area contributed by atoms with E-state index in [0.29, 0.717) is 24.2 Å². The van der Waals surface area contributed by atoms with Gasteiger partial charge < -0.3 is 15.5 Å². The smallest absolute Gasteiger partial charge is 0.246 e. The van der Waals surface area contributed by atoms with Crippen molar-refractivity contribution in [2.45, 2.75) is 13.0 Å². The summed E-state index contributed by atoms with van der Waals surface area (Å²) in [6.07, 6.45) is 8.52. The number of carbonyl (C=O) groups excluding carboxylic acids is 2. The second-order valence-electron chi connectivity index (χ2n) is 8.19. The molecular weight excluding hydrogens is 376 g/mol. The Hall–Kier alpha value is -3.25. The van der Waals surface area contributed by atoms with Gasteiger partial charge in [0.25, 0.3) is 0 Å². The standard InChI is InChI=1S/C24H24N4O2/c29-22-13-25-12-19-8-16(11-26-24(19)27-22)6-7-23(30)28-14-20-9-18(10-21(20)15-28)17-4-2-1-3-5-17/h1-9,11,20-21,25H,10,12-15H2,(H,26,27,29)/b7-6+. The number of amides is 2. The Morgan fingerprint density at radius 3 is 2.87 bits per heavy atom. The lowest BCUT2D eigenvalue weighted by Crippen LogP contribution is -2.27. The number of nitrogens with one attached hydrogen (secondary N) is 2. The van der Waals surface area contributed by atoms with E-state index in [-0.39, 0.29) is 18.4 Å². The van der Waals surface area contributed by atoms with Crippen molar-refractivity contribution in [2.24, 2.45) is 11.8 Å². The number of nitrogens with zero attached hydrogens (tertiary/aromatic N) is 2. The number of likely N-dealkylation sites (tertiary alicyclic amines) is 1. The summed E-state index contributed by atoms with van der Waals surface area (Å²) in [5.41, 5.74) is 4.48. The van der Waals surface area contributed by atoms with E-state index in [1.54, 1.807) is 12.3 Å². The van der Waals surface area contributed by atoms with Crippen molar-refractivity contribution in [3.8, 4) is 0 Å². The highest BCUT2D eigenvalue weighted by Gasteiger charge is 2.37. The van der Waals surface area contributed by atoms with E-state index < -0.39 is 0 Å². The summed E-state index contributed by atoms with van der Waals surface area (Å²) in [4.78, 5) is 30.6. The molecule has 6 nitrogen and oxygen atoms in total. The monoisotopic (exact) mass is 400 g/mol. The summed E-state index contributed by atoms with van der Waals surface area (Å²) in [6.45, 7) is 2.43. The molecule has 0 saturated carbocycles. The van der Waals surface area contributed by atoms with Crippen molar-refractivity contribution in [3.63, 3.8) is 0 Å². The molecule has 1 aliphatic carbocycles. The van der Waals surface area contributed by atoms with Gasteiger partial charge in [-0.15, -0.1) is 0 Å². The van der Waals surface area contributed by atoms with Gasteiger partial charge in [-0.3, -0.25) is 9.59 Å². The molecule has 5 rings (SSSR count). The van der Waals surface area contributed by atoms with Gasteiger partial charge >= 0.3 is 0 Å². The van der Waals surface area contributed by atoms with Crippen LogP contribution < -0.4 is 10.6 Å². The van der Waals surface area contributed by atoms with Gasteiger partial charge in [0.05, 0.1) is 6.54 Å². The SMILES string of the molecule is O=C1CNCc2cc(/C=C/C(=O)N3CC4C=C(c5ccccc5)CC4C3)cnc2N1. The molecule has 6 heteroatoms. The molecule has 2 aromatic rings. The van der Waals surface area contributed by atoms with Gasteiger partial charge in [0, 0.05) is 37.5 Å². The predicted octanol–water partition coefficient (Wildman–Crippen LogP) is 2.70. The second-order valence-corrected chi connectivity index (χ2v) is 8.19. The summed E-state index contributed by atoms with van der Waals surface area (Å²) in [6, 6.07) is 12.5. The van der Waals surface area contributed by atoms with Gasteiger partial charge in [-0.05, 0) is 47.1 Å². The molecule has 3 aliphatic rings. The highest BCUT2D eigenvalue weighted by molar-refractivity contribution is 5.93. The van der Waals surface area contributed by atoms with Gasteiger partial charge in [-0.25, -0.2) is 4.98 Å². The largest absolute Gasteiger partial charge is 0.338 e. The predicted molar refractivity (Wildman–Crippen MR) is 116 cm³/mol. The lowest BCUT2D eigenvalue weighted by atomic mass is 9.98. The van der Waals surface area contributed by atoms with E-state index in [4.69, 9.17) is 0 Å². The van der Waals surface area contributed by atoms with Gasteiger partial charge in [-0.2, -0.15) is 0 Å². The van der Waals surface area contributed by atoms with Crippen molar-refractivity contribution in [3.05, 3.63) is 71.4 Å². The quantitative estimate of drug-likeness (QED) is 0.777. The van der Waals surface area contributed by atoms with E-state index in [2.05, 4.69) is 46.0 Å². The van der Waals surface area contributed by atoms with Crippen molar-refractivity contribution in [2.75, 3.05) is 25.0 Å². The number of anilines is 1. The summed E-state index contributed by atoms with van der Waals surface area (Å²) < 4.78 is 0. The van der Waals surface area contributed by atoms with E-state index in [9.17, 15) is 9.59 Å². The van der Waals surface area contributed by atoms with Crippen molar-refractivity contribution >= 4 is 29.3 Å². The molecule has 2 atom stereocenters. The van der Waals surface area contributed by atoms with E-state index in [1.807, 2.05) is 23.1 Å². The number of carbonyl (C=O) groups is 2. The van der Waals surface area contributed by atoms with Crippen molar-refractivity contribution in [1.82, 2.24) is 15.2 Å². The number of pyridine rings is 1. The van der Waals surface area contributed by atoms with Crippen LogP contribution in [0, 0.1) is 11.8 Å². The fourth-order valence-electron chi connectivity index (χ4n) is 4.58. The first-order chi connectivity index (χ1) is 14.7. The van der Waals surface area contributed by atoms with Gasteiger partial charge in [0.2, 0.25) is 11.8 Å². The number of fused-ring (bicyclic) bond motifs is 2. The van der Waals surface area contributed by atoms with Gasteiger partial charge in [0.1, 0.15) is 5.82 Å². The fourth-order valence-corrected chi connectivity index (χ4v) is 4.58. The van der Waals surface area contributed by atoms with Crippen molar-refractivity contribution in [1.29, 1.82) is 0 Å². The molecule has 152 valence electrons. The second kappa shape index (κ2) is 7.88. The number of aromatic nitrogens is 1. The lowest BCUT2D eigenvalue weighted by molar-refractivity contribution is -0.125. The summed E-state index contributed by atoms with van der Waals surface area (Å²) >= 11 is 0. The zero-order valence-electron chi connectivity index (χ0n) is 16.7. The highest BCUT2D eigenvalue weighted by Crippen LogP contribution is 2.40. The van der Waals surface area contributed by atoms with Crippen molar-refractivity contribution < 1.29 is 9.59 Å². The number of hydrogen-bond acceptors (Lipinski definition) is 4. The maximum atomic E-state index is 12.7.